The minimum Gasteiger partial charge on any atom is -0.484 e. The van der Waals surface area contributed by atoms with Crippen LogP contribution < -0.4 is 15.7 Å². The van der Waals surface area contributed by atoms with Gasteiger partial charge in [-0.3, -0.25) is 0 Å². The Morgan fingerprint density at radius 1 is 1.30 bits per heavy atom. The van der Waals surface area contributed by atoms with E-state index < -0.39 is 5.63 Å². The molecule has 0 aliphatic heterocycles. The molecule has 0 spiro atoms. The van der Waals surface area contributed by atoms with Crippen molar-refractivity contribution in [2.24, 2.45) is 0 Å². The summed E-state index contributed by atoms with van der Waals surface area (Å²) in [4.78, 5) is 15.5. The molecular formula is C16H17N3O4. The van der Waals surface area contributed by atoms with Gasteiger partial charge in [0.15, 0.2) is 12.4 Å². The second-order valence-electron chi connectivity index (χ2n) is 5.24. The molecule has 7 nitrogen and oxygen atoms in total. The highest BCUT2D eigenvalue weighted by Crippen LogP contribution is 2.20. The van der Waals surface area contributed by atoms with E-state index in [1.807, 2.05) is 20.0 Å². The van der Waals surface area contributed by atoms with Crippen LogP contribution in [0.25, 0.3) is 11.0 Å². The Bertz CT molecular complexity index is 856. The highest BCUT2D eigenvalue weighted by atomic mass is 16.5. The van der Waals surface area contributed by atoms with Gasteiger partial charge in [-0.05, 0) is 32.2 Å². The smallest absolute Gasteiger partial charge is 0.336 e. The lowest BCUT2D eigenvalue weighted by Crippen LogP contribution is -2.24. The van der Waals surface area contributed by atoms with E-state index in [9.17, 15) is 4.79 Å². The van der Waals surface area contributed by atoms with E-state index in [2.05, 4.69) is 15.5 Å². The van der Waals surface area contributed by atoms with Crippen LogP contribution in [0.1, 0.15) is 18.6 Å². The van der Waals surface area contributed by atoms with Gasteiger partial charge in [0.05, 0.1) is 0 Å². The molecule has 23 heavy (non-hydrogen) atoms. The summed E-state index contributed by atoms with van der Waals surface area (Å²) in [6.45, 7) is 2.19. The average Bonchev–Trinajstić information content (AvgIpc) is 2.99. The second-order valence-corrected chi connectivity index (χ2v) is 5.24. The summed E-state index contributed by atoms with van der Waals surface area (Å²) < 4.78 is 15.9. The van der Waals surface area contributed by atoms with E-state index in [0.29, 0.717) is 29.5 Å². The number of hydrogen-bond donors (Lipinski definition) is 1. The zero-order chi connectivity index (χ0) is 16.2. The zero-order valence-electron chi connectivity index (χ0n) is 12.9. The highest BCUT2D eigenvalue weighted by Gasteiger charge is 2.10. The highest BCUT2D eigenvalue weighted by molar-refractivity contribution is 5.77. The normalized spacial score (nSPS) is 12.4. The van der Waals surface area contributed by atoms with Gasteiger partial charge in [-0.2, -0.15) is 4.98 Å². The standard InChI is InChI=1S/C16H17N3O4/c1-10(17-2)7-14-18-15(23-19-14)9-21-12-5-3-11-4-6-16(20)22-13(11)8-12/h3-6,8,10,17H,7,9H2,1-2H3. The van der Waals surface area contributed by atoms with Crippen molar-refractivity contribution in [3.8, 4) is 5.75 Å². The SMILES string of the molecule is CNC(C)Cc1noc(COc2ccc3ccc(=O)oc3c2)n1. The quantitative estimate of drug-likeness (QED) is 0.695. The number of fused-ring (bicyclic) bond motifs is 1. The van der Waals surface area contributed by atoms with E-state index in [1.165, 1.54) is 6.07 Å². The van der Waals surface area contributed by atoms with E-state index in [-0.39, 0.29) is 12.6 Å². The van der Waals surface area contributed by atoms with Crippen molar-refractivity contribution in [1.29, 1.82) is 0 Å². The largest absolute Gasteiger partial charge is 0.484 e. The predicted octanol–water partition coefficient (Wildman–Crippen LogP) is 1.91. The molecule has 0 amide bonds. The minimum absolute atomic E-state index is 0.156. The number of likely N-dealkylation sites (N-methyl/N-ethyl adjacent to an activating group) is 1. The average molecular weight is 315 g/mol. The van der Waals surface area contributed by atoms with Crippen molar-refractivity contribution < 1.29 is 13.7 Å². The van der Waals surface area contributed by atoms with Crippen LogP contribution in [0.4, 0.5) is 0 Å². The van der Waals surface area contributed by atoms with Gasteiger partial charge in [0.2, 0.25) is 0 Å². The number of aromatic nitrogens is 2. The fourth-order valence-electron chi connectivity index (χ4n) is 2.08. The lowest BCUT2D eigenvalue weighted by Gasteiger charge is -2.05. The molecule has 0 bridgehead atoms. The molecule has 1 aromatic carbocycles. The summed E-state index contributed by atoms with van der Waals surface area (Å²) >= 11 is 0. The van der Waals surface area contributed by atoms with Crippen molar-refractivity contribution in [2.75, 3.05) is 7.05 Å². The summed E-state index contributed by atoms with van der Waals surface area (Å²) in [6, 6.07) is 8.64. The molecule has 120 valence electrons. The molecule has 0 fully saturated rings. The summed E-state index contributed by atoms with van der Waals surface area (Å²) in [7, 11) is 1.88. The summed E-state index contributed by atoms with van der Waals surface area (Å²) in [6.07, 6.45) is 0.682. The first kappa shape index (κ1) is 15.2. The third kappa shape index (κ3) is 3.75. The molecule has 1 atom stereocenters. The fraction of sp³-hybridized carbons (Fsp3) is 0.312. The van der Waals surface area contributed by atoms with Crippen molar-refractivity contribution in [3.05, 3.63) is 52.5 Å². The molecule has 7 heteroatoms. The number of nitrogens with one attached hydrogen (secondary N) is 1. The van der Waals surface area contributed by atoms with Crippen molar-refractivity contribution >= 4 is 11.0 Å². The molecule has 1 unspecified atom stereocenters. The maximum atomic E-state index is 11.2. The molecule has 0 saturated carbocycles. The van der Waals surface area contributed by atoms with Crippen molar-refractivity contribution in [2.45, 2.75) is 26.0 Å². The second kappa shape index (κ2) is 6.62. The first-order chi connectivity index (χ1) is 11.1. The van der Waals surface area contributed by atoms with Gasteiger partial charge in [-0.1, -0.05) is 5.16 Å². The molecule has 3 aromatic rings. The van der Waals surface area contributed by atoms with Gasteiger partial charge in [0, 0.05) is 30.0 Å². The van der Waals surface area contributed by atoms with Crippen LogP contribution in [0.3, 0.4) is 0 Å². The van der Waals surface area contributed by atoms with Gasteiger partial charge in [-0.25, -0.2) is 4.79 Å². The van der Waals surface area contributed by atoms with Gasteiger partial charge in [0.1, 0.15) is 11.3 Å². The van der Waals surface area contributed by atoms with E-state index in [4.69, 9.17) is 13.7 Å². The zero-order valence-corrected chi connectivity index (χ0v) is 12.9. The molecule has 0 saturated heterocycles. The first-order valence-electron chi connectivity index (χ1n) is 7.29. The van der Waals surface area contributed by atoms with Gasteiger partial charge in [0.25, 0.3) is 5.89 Å². The van der Waals surface area contributed by atoms with Gasteiger partial charge >= 0.3 is 5.63 Å². The van der Waals surface area contributed by atoms with E-state index >= 15 is 0 Å². The maximum Gasteiger partial charge on any atom is 0.336 e. The topological polar surface area (TPSA) is 90.4 Å². The molecule has 2 aromatic heterocycles. The monoisotopic (exact) mass is 315 g/mol. The van der Waals surface area contributed by atoms with Crippen LogP contribution >= 0.6 is 0 Å². The predicted molar refractivity (Wildman–Crippen MR) is 83.3 cm³/mol. The molecule has 0 aliphatic carbocycles. The third-order valence-electron chi connectivity index (χ3n) is 3.45. The molecule has 0 aliphatic rings. The van der Waals surface area contributed by atoms with Crippen LogP contribution in [-0.2, 0) is 13.0 Å². The Labute approximate surface area is 132 Å². The Morgan fingerprint density at radius 3 is 2.96 bits per heavy atom. The molecule has 0 radical (unpaired) electrons. The minimum atomic E-state index is -0.394. The Kier molecular flexibility index (Phi) is 4.38. The molecule has 1 N–H and O–H groups in total. The number of nitrogens with zero attached hydrogens (tertiary/aromatic N) is 2. The Morgan fingerprint density at radius 2 is 2.13 bits per heavy atom. The van der Waals surface area contributed by atoms with Crippen LogP contribution in [0.15, 0.2) is 44.1 Å². The van der Waals surface area contributed by atoms with Gasteiger partial charge < -0.3 is 19.0 Å². The lowest BCUT2D eigenvalue weighted by atomic mass is 10.2. The summed E-state index contributed by atoms with van der Waals surface area (Å²) in [5, 5.41) is 7.86. The van der Waals surface area contributed by atoms with Crippen molar-refractivity contribution in [1.82, 2.24) is 15.5 Å². The number of ether oxygens (including phenoxy) is 1. The molecule has 3 rings (SSSR count). The number of hydrogen-bond acceptors (Lipinski definition) is 7. The lowest BCUT2D eigenvalue weighted by molar-refractivity contribution is 0.242. The maximum absolute atomic E-state index is 11.2. The first-order valence-corrected chi connectivity index (χ1v) is 7.29. The fourth-order valence-corrected chi connectivity index (χ4v) is 2.08. The Balaban J connectivity index is 1.67. The van der Waals surface area contributed by atoms with Crippen LogP contribution in [-0.4, -0.2) is 23.2 Å². The van der Waals surface area contributed by atoms with Crippen LogP contribution in [0, 0.1) is 0 Å². The number of benzene rings is 1. The van der Waals surface area contributed by atoms with Crippen LogP contribution in [0.5, 0.6) is 5.75 Å². The summed E-state index contributed by atoms with van der Waals surface area (Å²) in [5.74, 6) is 1.60. The Hall–Kier alpha value is -2.67. The van der Waals surface area contributed by atoms with Crippen LogP contribution in [0.2, 0.25) is 0 Å². The summed E-state index contributed by atoms with van der Waals surface area (Å²) in [5.41, 5.74) is 0.0823. The number of rotatable bonds is 6. The molecule has 2 heterocycles. The van der Waals surface area contributed by atoms with E-state index in [1.54, 1.807) is 18.2 Å². The van der Waals surface area contributed by atoms with Crippen molar-refractivity contribution in [3.63, 3.8) is 0 Å². The van der Waals surface area contributed by atoms with Gasteiger partial charge in [-0.15, -0.1) is 0 Å². The third-order valence-corrected chi connectivity index (χ3v) is 3.45. The molecular weight excluding hydrogens is 298 g/mol. The van der Waals surface area contributed by atoms with E-state index in [0.717, 1.165) is 5.39 Å².